The van der Waals surface area contributed by atoms with Gasteiger partial charge in [-0.2, -0.15) is 9.61 Å². The summed E-state index contributed by atoms with van der Waals surface area (Å²) in [4.78, 5) is 11.7. The number of aryl methyl sites for hydroxylation is 1. The molecule has 0 bridgehead atoms. The summed E-state index contributed by atoms with van der Waals surface area (Å²) in [5.41, 5.74) is 11.4. The topological polar surface area (TPSA) is 110 Å². The number of hydrogen-bond acceptors (Lipinski definition) is 7. The second kappa shape index (κ2) is 6.58. The molecule has 1 saturated carbocycles. The molecule has 30 heavy (non-hydrogen) atoms. The molecular formula is C21H24N8O. The molecular weight excluding hydrogens is 380 g/mol. The van der Waals surface area contributed by atoms with E-state index in [-0.39, 0.29) is 0 Å². The Hall–Kier alpha value is -3.36. The molecule has 0 spiro atoms. The fourth-order valence-corrected chi connectivity index (χ4v) is 4.51. The first-order chi connectivity index (χ1) is 14.7. The third-order valence-electron chi connectivity index (χ3n) is 6.13. The number of aromatic nitrogens is 6. The van der Waals surface area contributed by atoms with Crippen molar-refractivity contribution in [3.8, 4) is 5.75 Å². The minimum Gasteiger partial charge on any atom is -0.494 e. The van der Waals surface area contributed by atoms with Gasteiger partial charge in [0, 0.05) is 30.8 Å². The van der Waals surface area contributed by atoms with E-state index in [1.807, 2.05) is 18.2 Å². The highest BCUT2D eigenvalue weighted by Gasteiger charge is 2.33. The van der Waals surface area contributed by atoms with Crippen molar-refractivity contribution in [3.05, 3.63) is 35.4 Å². The number of hydrogen-bond donors (Lipinski definition) is 2. The Balaban J connectivity index is 1.33. The number of nitrogens with zero attached hydrogens (tertiary/aromatic N) is 6. The van der Waals surface area contributed by atoms with Crippen molar-refractivity contribution in [3.63, 3.8) is 0 Å². The minimum absolute atomic E-state index is 0.312. The second-order valence-electron chi connectivity index (χ2n) is 8.14. The number of H-pyrrole nitrogens is 1. The van der Waals surface area contributed by atoms with Crippen LogP contribution < -0.4 is 15.4 Å². The smallest absolute Gasteiger partial charge is 0.223 e. The molecule has 0 radical (unpaired) electrons. The van der Waals surface area contributed by atoms with Gasteiger partial charge < -0.3 is 15.4 Å². The van der Waals surface area contributed by atoms with Crippen LogP contribution in [0, 0.1) is 0 Å². The first kappa shape index (κ1) is 17.5. The maximum atomic E-state index is 6.18. The molecule has 154 valence electrons. The molecule has 2 aliphatic rings. The number of fused-ring (bicyclic) bond motifs is 4. The zero-order valence-corrected chi connectivity index (χ0v) is 16.9. The summed E-state index contributed by atoms with van der Waals surface area (Å²) in [6, 6.07) is 5.78. The molecule has 1 aliphatic heterocycles. The molecule has 0 saturated heterocycles. The Labute approximate surface area is 173 Å². The van der Waals surface area contributed by atoms with Gasteiger partial charge in [0.1, 0.15) is 11.3 Å². The van der Waals surface area contributed by atoms with Gasteiger partial charge in [-0.15, -0.1) is 5.10 Å². The van der Waals surface area contributed by atoms with Crippen LogP contribution in [0.2, 0.25) is 0 Å². The van der Waals surface area contributed by atoms with Crippen molar-refractivity contribution in [2.24, 2.45) is 0 Å². The van der Waals surface area contributed by atoms with Crippen molar-refractivity contribution in [2.45, 2.75) is 38.0 Å². The van der Waals surface area contributed by atoms with Gasteiger partial charge in [-0.05, 0) is 37.8 Å². The van der Waals surface area contributed by atoms with E-state index in [9.17, 15) is 0 Å². The van der Waals surface area contributed by atoms with Gasteiger partial charge in [0.2, 0.25) is 5.95 Å². The van der Waals surface area contributed by atoms with Crippen molar-refractivity contribution >= 4 is 28.2 Å². The van der Waals surface area contributed by atoms with Gasteiger partial charge in [0.05, 0.1) is 24.2 Å². The van der Waals surface area contributed by atoms with Crippen molar-refractivity contribution in [2.75, 3.05) is 30.8 Å². The molecule has 4 aromatic rings. The second-order valence-corrected chi connectivity index (χ2v) is 8.14. The Kier molecular flexibility index (Phi) is 3.84. The summed E-state index contributed by atoms with van der Waals surface area (Å²) in [6.07, 6.45) is 5.46. The number of methoxy groups -OCH3 is 1. The highest BCUT2D eigenvalue weighted by atomic mass is 16.5. The van der Waals surface area contributed by atoms with Crippen molar-refractivity contribution in [1.82, 2.24) is 29.8 Å². The Morgan fingerprint density at radius 3 is 3.00 bits per heavy atom. The third-order valence-corrected chi connectivity index (χ3v) is 6.13. The predicted octanol–water partition coefficient (Wildman–Crippen LogP) is 2.46. The third kappa shape index (κ3) is 2.68. The molecule has 1 aromatic carbocycles. The van der Waals surface area contributed by atoms with Crippen LogP contribution >= 0.6 is 0 Å². The maximum absolute atomic E-state index is 6.18. The summed E-state index contributed by atoms with van der Waals surface area (Å²) in [7, 11) is 1.63. The molecule has 3 aromatic heterocycles. The fraction of sp³-hybridized carbons (Fsp3) is 0.429. The number of ether oxygens (including phenoxy) is 1. The lowest BCUT2D eigenvalue weighted by molar-refractivity contribution is 0.419. The maximum Gasteiger partial charge on any atom is 0.223 e. The Bertz CT molecular complexity index is 1260. The molecule has 0 amide bonds. The minimum atomic E-state index is 0.312. The van der Waals surface area contributed by atoms with E-state index in [1.54, 1.807) is 11.6 Å². The number of anilines is 2. The SMILES string of the molecule is COc1cccc2c1nc(N)n1nc(CCN3CCCc4[nH]nc(C5CC5)c43)nc21. The van der Waals surface area contributed by atoms with Gasteiger partial charge in [-0.1, -0.05) is 6.07 Å². The zero-order chi connectivity index (χ0) is 20.2. The standard InChI is InChI=1S/C21H24N8O/c1-30-15-6-2-4-13-18(15)24-21(22)29-20(13)23-16(27-29)9-11-28-10-3-5-14-19(28)17(26-25-14)12-7-8-12/h2,4,6,12H,3,5,7-11H2,1H3,(H2,22,24)(H,25,26). The summed E-state index contributed by atoms with van der Waals surface area (Å²) in [6.45, 7) is 1.90. The number of nitrogens with one attached hydrogen (secondary N) is 1. The molecule has 0 atom stereocenters. The molecule has 1 fully saturated rings. The monoisotopic (exact) mass is 404 g/mol. The van der Waals surface area contributed by atoms with Gasteiger partial charge in [0.25, 0.3) is 0 Å². The summed E-state index contributed by atoms with van der Waals surface area (Å²) in [5.74, 6) is 2.39. The predicted molar refractivity (Wildman–Crippen MR) is 114 cm³/mol. The highest BCUT2D eigenvalue weighted by molar-refractivity contribution is 5.95. The van der Waals surface area contributed by atoms with Gasteiger partial charge in [0.15, 0.2) is 11.5 Å². The van der Waals surface area contributed by atoms with Crippen molar-refractivity contribution in [1.29, 1.82) is 0 Å². The van der Waals surface area contributed by atoms with Crippen LogP contribution in [0.4, 0.5) is 11.6 Å². The summed E-state index contributed by atoms with van der Waals surface area (Å²) in [5, 5.41) is 13.4. The van der Waals surface area contributed by atoms with Crippen LogP contribution in [0.1, 0.15) is 42.4 Å². The lowest BCUT2D eigenvalue weighted by Gasteiger charge is -2.29. The largest absolute Gasteiger partial charge is 0.494 e. The molecule has 9 nitrogen and oxygen atoms in total. The van der Waals surface area contributed by atoms with Gasteiger partial charge >= 0.3 is 0 Å². The lowest BCUT2D eigenvalue weighted by atomic mass is 10.1. The van der Waals surface area contributed by atoms with Crippen LogP contribution in [0.15, 0.2) is 18.2 Å². The van der Waals surface area contributed by atoms with Crippen molar-refractivity contribution < 1.29 is 4.74 Å². The van der Waals surface area contributed by atoms with Gasteiger partial charge in [-0.3, -0.25) is 5.10 Å². The van der Waals surface area contributed by atoms with E-state index in [2.05, 4.69) is 25.2 Å². The number of aromatic amines is 1. The normalized spacial score (nSPS) is 16.4. The van der Waals surface area contributed by atoms with E-state index in [0.717, 1.165) is 43.6 Å². The van der Waals surface area contributed by atoms with E-state index < -0.39 is 0 Å². The first-order valence-corrected chi connectivity index (χ1v) is 10.5. The number of para-hydroxylation sites is 1. The number of nitrogens with two attached hydrogens (primary N) is 1. The van der Waals surface area contributed by atoms with E-state index >= 15 is 0 Å². The molecule has 3 N–H and O–H groups in total. The number of benzene rings is 1. The van der Waals surface area contributed by atoms with E-state index in [4.69, 9.17) is 15.5 Å². The van der Waals surface area contributed by atoms with Gasteiger partial charge in [-0.25, -0.2) is 9.97 Å². The Morgan fingerprint density at radius 1 is 1.27 bits per heavy atom. The first-order valence-electron chi connectivity index (χ1n) is 10.5. The highest BCUT2D eigenvalue weighted by Crippen LogP contribution is 2.45. The number of rotatable bonds is 5. The van der Waals surface area contributed by atoms with Crippen LogP contribution in [0.25, 0.3) is 16.6 Å². The molecule has 4 heterocycles. The fourth-order valence-electron chi connectivity index (χ4n) is 4.51. The van der Waals surface area contributed by atoms with Crippen LogP contribution in [-0.4, -0.2) is 50.0 Å². The Morgan fingerprint density at radius 2 is 2.17 bits per heavy atom. The van der Waals surface area contributed by atoms with Crippen LogP contribution in [0.3, 0.4) is 0 Å². The van der Waals surface area contributed by atoms with E-state index in [0.29, 0.717) is 28.8 Å². The molecule has 9 heteroatoms. The number of nitrogen functional groups attached to an aromatic ring is 1. The molecule has 6 rings (SSSR count). The van der Waals surface area contributed by atoms with Crippen LogP contribution in [0.5, 0.6) is 5.75 Å². The molecule has 0 unspecified atom stereocenters. The van der Waals surface area contributed by atoms with Crippen LogP contribution in [-0.2, 0) is 12.8 Å². The average molecular weight is 404 g/mol. The zero-order valence-electron chi connectivity index (χ0n) is 16.9. The quantitative estimate of drug-likeness (QED) is 0.526. The lowest BCUT2D eigenvalue weighted by Crippen LogP contribution is -2.31. The van der Waals surface area contributed by atoms with E-state index in [1.165, 1.54) is 29.9 Å². The summed E-state index contributed by atoms with van der Waals surface area (Å²) < 4.78 is 7.07. The summed E-state index contributed by atoms with van der Waals surface area (Å²) >= 11 is 0. The molecule has 1 aliphatic carbocycles. The average Bonchev–Trinajstić information content (AvgIpc) is 3.35.